The molecule has 0 aromatic heterocycles. The first-order chi connectivity index (χ1) is 7.64. The third kappa shape index (κ3) is 5.22. The molecule has 2 N–H and O–H groups in total. The molecule has 0 saturated carbocycles. The Bertz CT molecular complexity index is 392. The minimum Gasteiger partial charge on any atom is -0.281 e. The van der Waals surface area contributed by atoms with Crippen LogP contribution in [0.25, 0.3) is 0 Å². The van der Waals surface area contributed by atoms with Crippen molar-refractivity contribution in [2.45, 2.75) is 20.0 Å². The normalized spacial score (nSPS) is 11.6. The Labute approximate surface area is 96.0 Å². The summed E-state index contributed by atoms with van der Waals surface area (Å²) < 4.78 is 24.8. The number of rotatable bonds is 7. The third-order valence-corrected chi connectivity index (χ3v) is 2.71. The summed E-state index contributed by atoms with van der Waals surface area (Å²) in [6.07, 6.45) is 0.736. The maximum atomic E-state index is 11.2. The van der Waals surface area contributed by atoms with Crippen LogP contribution in [0.2, 0.25) is 0 Å². The van der Waals surface area contributed by atoms with E-state index in [-0.39, 0.29) is 6.61 Å². The summed E-state index contributed by atoms with van der Waals surface area (Å²) in [7, 11) is -3.54. The standard InChI is InChI=1S/C10H16N2O3S/c1-2-8-11-16(13,14)12-15-9-10-6-4-3-5-7-10/h3-7,11-12H,2,8-9H2,1H3. The van der Waals surface area contributed by atoms with Gasteiger partial charge in [0.25, 0.3) is 10.2 Å². The van der Waals surface area contributed by atoms with Crippen LogP contribution in [-0.2, 0) is 21.7 Å². The first-order valence-electron chi connectivity index (χ1n) is 5.06. The lowest BCUT2D eigenvalue weighted by Crippen LogP contribution is -2.36. The van der Waals surface area contributed by atoms with Crippen LogP contribution < -0.4 is 9.61 Å². The van der Waals surface area contributed by atoms with Crippen LogP contribution in [-0.4, -0.2) is 15.0 Å². The van der Waals surface area contributed by atoms with Crippen LogP contribution in [0.15, 0.2) is 30.3 Å². The minimum absolute atomic E-state index is 0.202. The summed E-state index contributed by atoms with van der Waals surface area (Å²) in [6.45, 7) is 2.48. The summed E-state index contributed by atoms with van der Waals surface area (Å²) >= 11 is 0. The summed E-state index contributed by atoms with van der Waals surface area (Å²) in [4.78, 5) is 6.88. The predicted octanol–water partition coefficient (Wildman–Crippen LogP) is 0.952. The highest BCUT2D eigenvalue weighted by molar-refractivity contribution is 7.87. The van der Waals surface area contributed by atoms with E-state index in [2.05, 4.69) is 4.72 Å². The summed E-state index contributed by atoms with van der Waals surface area (Å²) in [6, 6.07) is 9.32. The highest BCUT2D eigenvalue weighted by atomic mass is 32.2. The molecule has 0 bridgehead atoms. The molecular weight excluding hydrogens is 228 g/mol. The molecule has 16 heavy (non-hydrogen) atoms. The summed E-state index contributed by atoms with van der Waals surface area (Å²) in [5.41, 5.74) is 0.903. The van der Waals surface area contributed by atoms with Crippen LogP contribution in [0.4, 0.5) is 0 Å². The second-order valence-electron chi connectivity index (χ2n) is 3.26. The highest BCUT2D eigenvalue weighted by Gasteiger charge is 2.07. The van der Waals surface area contributed by atoms with Gasteiger partial charge in [-0.1, -0.05) is 42.1 Å². The maximum Gasteiger partial charge on any atom is 0.299 e. The van der Waals surface area contributed by atoms with Crippen molar-refractivity contribution in [3.05, 3.63) is 35.9 Å². The monoisotopic (exact) mass is 244 g/mol. The van der Waals surface area contributed by atoms with Gasteiger partial charge < -0.3 is 0 Å². The predicted molar refractivity (Wildman–Crippen MR) is 61.6 cm³/mol. The molecule has 0 aliphatic carbocycles. The van der Waals surface area contributed by atoms with E-state index < -0.39 is 10.2 Å². The fraction of sp³-hybridized carbons (Fsp3) is 0.400. The van der Waals surface area contributed by atoms with Gasteiger partial charge in [-0.2, -0.15) is 8.42 Å². The van der Waals surface area contributed by atoms with E-state index in [9.17, 15) is 8.42 Å². The molecule has 0 radical (unpaired) electrons. The zero-order valence-electron chi connectivity index (χ0n) is 9.14. The molecular formula is C10H16N2O3S. The van der Waals surface area contributed by atoms with E-state index in [1.807, 2.05) is 42.1 Å². The van der Waals surface area contributed by atoms with Crippen LogP contribution in [0, 0.1) is 0 Å². The molecule has 0 atom stereocenters. The molecule has 90 valence electrons. The molecule has 0 unspecified atom stereocenters. The van der Waals surface area contributed by atoms with Gasteiger partial charge in [-0.05, 0) is 12.0 Å². The Hall–Kier alpha value is -0.950. The zero-order chi connectivity index (χ0) is 11.9. The van der Waals surface area contributed by atoms with Crippen LogP contribution in [0.3, 0.4) is 0 Å². The maximum absolute atomic E-state index is 11.2. The van der Waals surface area contributed by atoms with Gasteiger partial charge in [0.2, 0.25) is 0 Å². The van der Waals surface area contributed by atoms with Gasteiger partial charge in [0.1, 0.15) is 0 Å². The third-order valence-electron chi connectivity index (χ3n) is 1.79. The Balaban J connectivity index is 2.30. The number of hydrogen-bond acceptors (Lipinski definition) is 3. The molecule has 1 aromatic carbocycles. The lowest BCUT2D eigenvalue weighted by Gasteiger charge is -2.07. The quantitative estimate of drug-likeness (QED) is 0.702. The van der Waals surface area contributed by atoms with Crippen molar-refractivity contribution < 1.29 is 13.3 Å². The first-order valence-corrected chi connectivity index (χ1v) is 6.54. The lowest BCUT2D eigenvalue weighted by molar-refractivity contribution is 0.0786. The van der Waals surface area contributed by atoms with Gasteiger partial charge in [0.05, 0.1) is 6.61 Å². The Kier molecular flexibility index (Phi) is 5.41. The summed E-state index contributed by atoms with van der Waals surface area (Å²) in [5.74, 6) is 0. The van der Waals surface area contributed by atoms with Crippen molar-refractivity contribution in [3.8, 4) is 0 Å². The Morgan fingerprint density at radius 3 is 2.56 bits per heavy atom. The molecule has 0 spiro atoms. The zero-order valence-corrected chi connectivity index (χ0v) is 9.96. The van der Waals surface area contributed by atoms with E-state index in [1.165, 1.54) is 0 Å². The van der Waals surface area contributed by atoms with Crippen LogP contribution >= 0.6 is 0 Å². The molecule has 1 rings (SSSR count). The van der Waals surface area contributed by atoms with Crippen molar-refractivity contribution in [1.82, 2.24) is 9.61 Å². The second kappa shape index (κ2) is 6.59. The minimum atomic E-state index is -3.54. The van der Waals surface area contributed by atoms with Crippen LogP contribution in [0.1, 0.15) is 18.9 Å². The average molecular weight is 244 g/mol. The van der Waals surface area contributed by atoms with E-state index in [0.29, 0.717) is 6.54 Å². The number of hydrogen-bond donors (Lipinski definition) is 2. The Morgan fingerprint density at radius 2 is 1.94 bits per heavy atom. The van der Waals surface area contributed by atoms with E-state index in [1.54, 1.807) is 0 Å². The molecule has 0 saturated heterocycles. The SMILES string of the molecule is CCCNS(=O)(=O)NOCc1ccccc1. The topological polar surface area (TPSA) is 67.4 Å². The number of benzene rings is 1. The smallest absolute Gasteiger partial charge is 0.281 e. The molecule has 0 aliphatic rings. The molecule has 0 fully saturated rings. The van der Waals surface area contributed by atoms with Crippen molar-refractivity contribution in [2.24, 2.45) is 0 Å². The van der Waals surface area contributed by atoms with Gasteiger partial charge in [-0.3, -0.25) is 4.84 Å². The average Bonchev–Trinajstić information content (AvgIpc) is 2.28. The molecule has 1 aromatic rings. The first kappa shape index (κ1) is 13.1. The van der Waals surface area contributed by atoms with E-state index in [0.717, 1.165) is 12.0 Å². The fourth-order valence-corrected chi connectivity index (χ4v) is 1.78. The largest absolute Gasteiger partial charge is 0.299 e. The Morgan fingerprint density at radius 1 is 1.25 bits per heavy atom. The van der Waals surface area contributed by atoms with Gasteiger partial charge in [0.15, 0.2) is 0 Å². The van der Waals surface area contributed by atoms with Gasteiger partial charge >= 0.3 is 0 Å². The van der Waals surface area contributed by atoms with Crippen molar-refractivity contribution in [2.75, 3.05) is 6.54 Å². The number of nitrogens with one attached hydrogen (secondary N) is 2. The molecule has 0 heterocycles. The molecule has 6 heteroatoms. The molecule has 0 aliphatic heterocycles. The van der Waals surface area contributed by atoms with Gasteiger partial charge in [-0.15, -0.1) is 0 Å². The summed E-state index contributed by atoms with van der Waals surface area (Å²) in [5, 5.41) is 0. The van der Waals surface area contributed by atoms with Crippen molar-refractivity contribution in [3.63, 3.8) is 0 Å². The van der Waals surface area contributed by atoms with Crippen molar-refractivity contribution in [1.29, 1.82) is 0 Å². The fourth-order valence-electron chi connectivity index (χ4n) is 1.03. The highest BCUT2D eigenvalue weighted by Crippen LogP contribution is 1.99. The van der Waals surface area contributed by atoms with Gasteiger partial charge in [-0.25, -0.2) is 4.72 Å². The van der Waals surface area contributed by atoms with Crippen molar-refractivity contribution >= 4 is 10.2 Å². The van der Waals surface area contributed by atoms with Crippen LogP contribution in [0.5, 0.6) is 0 Å². The lowest BCUT2D eigenvalue weighted by atomic mass is 10.2. The molecule has 0 amide bonds. The molecule has 5 nitrogen and oxygen atoms in total. The van der Waals surface area contributed by atoms with E-state index >= 15 is 0 Å². The van der Waals surface area contributed by atoms with Gasteiger partial charge in [0, 0.05) is 6.54 Å². The second-order valence-corrected chi connectivity index (χ2v) is 4.72. The van der Waals surface area contributed by atoms with E-state index in [4.69, 9.17) is 4.84 Å².